The molecule has 18 heteroatoms. The van der Waals surface area contributed by atoms with E-state index in [4.69, 9.17) is 9.84 Å². The van der Waals surface area contributed by atoms with Crippen LogP contribution in [-0.4, -0.2) is 92.1 Å². The van der Waals surface area contributed by atoms with Gasteiger partial charge in [0.05, 0.1) is 6.10 Å². The van der Waals surface area contributed by atoms with Crippen molar-refractivity contribution in [3.8, 4) is 22.5 Å². The number of carbonyl (C=O) groups is 4. The fraction of sp³-hybridized carbons (Fsp3) is 0.489. The number of alkyl halides is 4. The van der Waals surface area contributed by atoms with E-state index < -0.39 is 47.9 Å². The average molecular weight is 908 g/mol. The Kier molecular flexibility index (Phi) is 15.3. The predicted molar refractivity (Wildman–Crippen MR) is 234 cm³/mol. The van der Waals surface area contributed by atoms with Gasteiger partial charge < -0.3 is 36.2 Å². The number of H-pyrrole nitrogens is 1. The van der Waals surface area contributed by atoms with E-state index in [0.29, 0.717) is 50.6 Å². The van der Waals surface area contributed by atoms with E-state index in [1.807, 2.05) is 48.4 Å². The summed E-state index contributed by atoms with van der Waals surface area (Å²) in [5, 5.41) is 35.7. The summed E-state index contributed by atoms with van der Waals surface area (Å²) >= 11 is 0. The zero-order chi connectivity index (χ0) is 47.1. The molecule has 4 aromatic rings. The molecule has 0 aliphatic heterocycles. The van der Waals surface area contributed by atoms with E-state index in [1.54, 1.807) is 26.8 Å². The minimum absolute atomic E-state index is 0.0229. The molecule has 1 atom stereocenters. The Hall–Kier alpha value is -5.88. The maximum atomic E-state index is 14.3. The van der Waals surface area contributed by atoms with E-state index in [1.165, 1.54) is 24.3 Å². The van der Waals surface area contributed by atoms with Crippen LogP contribution < -0.4 is 21.3 Å². The normalized spacial score (nSPS) is 19.7. The molecule has 7 N–H and O–H groups in total. The fourth-order valence-electron chi connectivity index (χ4n) is 8.08. The van der Waals surface area contributed by atoms with Crippen LogP contribution >= 0.6 is 0 Å². The van der Waals surface area contributed by atoms with Gasteiger partial charge in [0.25, 0.3) is 5.91 Å². The van der Waals surface area contributed by atoms with Crippen LogP contribution in [0.1, 0.15) is 99.4 Å². The summed E-state index contributed by atoms with van der Waals surface area (Å²) in [7, 11) is 0. The quantitative estimate of drug-likeness (QED) is 0.0602. The molecule has 2 saturated carbocycles. The largest absolute Gasteiger partial charge is 0.444 e. The lowest BCUT2D eigenvalue weighted by atomic mass is 9.81. The third-order valence-corrected chi connectivity index (χ3v) is 11.9. The first-order chi connectivity index (χ1) is 30.7. The molecule has 1 unspecified atom stereocenters. The van der Waals surface area contributed by atoms with Crippen LogP contribution in [0.3, 0.4) is 0 Å². The summed E-state index contributed by atoms with van der Waals surface area (Å²) < 4.78 is 61.4. The van der Waals surface area contributed by atoms with Crippen LogP contribution in [0.4, 0.5) is 28.0 Å². The molecule has 65 heavy (non-hydrogen) atoms. The summed E-state index contributed by atoms with van der Waals surface area (Å²) in [6.45, 7) is 5.59. The number of carbonyl (C=O) groups excluding carboxylic acids is 4. The number of ether oxygens (including phenoxy) is 1. The second kappa shape index (κ2) is 20.5. The lowest BCUT2D eigenvalue weighted by molar-refractivity contribution is -0.236. The molecule has 2 fully saturated rings. The Morgan fingerprint density at radius 2 is 1.51 bits per heavy atom. The number of aromatic amines is 1. The topological polar surface area (TPSA) is 208 Å². The van der Waals surface area contributed by atoms with Crippen LogP contribution in [0.2, 0.25) is 0 Å². The molecule has 1 aromatic heterocycles. The lowest BCUT2D eigenvalue weighted by Gasteiger charge is -2.29. The first-order valence-electron chi connectivity index (χ1n) is 21.9. The van der Waals surface area contributed by atoms with Crippen molar-refractivity contribution in [2.24, 2.45) is 11.8 Å². The maximum Gasteiger partial charge on any atom is 0.407 e. The zero-order valence-corrected chi connectivity index (χ0v) is 36.9. The number of aryl methyl sites for hydroxylation is 1. The second-order valence-electron chi connectivity index (χ2n) is 18.1. The van der Waals surface area contributed by atoms with Crippen LogP contribution in [0.5, 0.6) is 0 Å². The summed E-state index contributed by atoms with van der Waals surface area (Å²) in [5.74, 6) is -12.5. The van der Waals surface area contributed by atoms with E-state index in [9.17, 15) is 41.8 Å². The SMILES string of the molecule is Cc1cc(C(=O)NC2CCC(O)CC2)ccc1-c1ccc(CC(NC(=O)C2CCC(CNC(=O)OC(C)(C)C)CC2)C(=O)Nc2ccc(-c3n[nH]c(C(F)(F)C(F)(F)CO)n3)cc2)cc1. The van der Waals surface area contributed by atoms with Crippen molar-refractivity contribution in [2.75, 3.05) is 18.5 Å². The zero-order valence-electron chi connectivity index (χ0n) is 36.9. The Bertz CT molecular complexity index is 2280. The van der Waals surface area contributed by atoms with E-state index >= 15 is 0 Å². The molecule has 0 radical (unpaired) electrons. The van der Waals surface area contributed by atoms with Gasteiger partial charge in [-0.2, -0.15) is 22.7 Å². The van der Waals surface area contributed by atoms with Crippen molar-refractivity contribution in [1.29, 1.82) is 0 Å². The van der Waals surface area contributed by atoms with Gasteiger partial charge in [-0.15, -0.1) is 0 Å². The molecular formula is C47H57F4N7O7. The lowest BCUT2D eigenvalue weighted by Crippen LogP contribution is -2.48. The van der Waals surface area contributed by atoms with E-state index in [2.05, 4.69) is 31.3 Å². The number of nitrogens with zero attached hydrogens (tertiary/aromatic N) is 2. The molecule has 4 amide bonds. The van der Waals surface area contributed by atoms with Crippen molar-refractivity contribution in [3.05, 3.63) is 89.2 Å². The minimum Gasteiger partial charge on any atom is -0.444 e. The van der Waals surface area contributed by atoms with Gasteiger partial charge in [0.1, 0.15) is 18.2 Å². The summed E-state index contributed by atoms with van der Waals surface area (Å²) in [4.78, 5) is 56.4. The standard InChI is InChI=1S/C47H57F4N7O7/c1-27-23-33(41(62)53-35-18-20-36(60)21-19-35)15-22-37(27)30-9-5-28(6-10-30)24-38(55-40(61)32-11-7-29(8-12-32)25-52-44(64)65-45(2,3)4)42(63)54-34-16-13-31(14-17-34)39-56-43(58-57-39)47(50,51)46(48,49)26-59/h5-6,9-10,13-17,22-23,29,32,35-36,38,59-60H,7-8,11-12,18-21,24-26H2,1-4H3,(H,52,64)(H,53,62)(H,54,63)(H,55,61)(H,56,57,58). The number of aliphatic hydroxyl groups is 2. The Morgan fingerprint density at radius 3 is 2.12 bits per heavy atom. The number of halogens is 4. The van der Waals surface area contributed by atoms with Crippen molar-refractivity contribution in [2.45, 2.75) is 121 Å². The van der Waals surface area contributed by atoms with Crippen molar-refractivity contribution in [1.82, 2.24) is 31.1 Å². The molecule has 2 aliphatic rings. The monoisotopic (exact) mass is 907 g/mol. The molecule has 0 spiro atoms. The number of alkyl carbamates (subject to hydrolysis) is 1. The van der Waals surface area contributed by atoms with E-state index in [0.717, 1.165) is 35.1 Å². The molecule has 0 bridgehead atoms. The Morgan fingerprint density at radius 1 is 0.862 bits per heavy atom. The molecule has 14 nitrogen and oxygen atoms in total. The van der Waals surface area contributed by atoms with Gasteiger partial charge in [0.2, 0.25) is 17.6 Å². The van der Waals surface area contributed by atoms with Crippen molar-refractivity contribution in [3.63, 3.8) is 0 Å². The number of hydrogen-bond donors (Lipinski definition) is 7. The molecule has 6 rings (SSSR count). The third kappa shape index (κ3) is 12.7. The highest BCUT2D eigenvalue weighted by molar-refractivity contribution is 5.98. The number of rotatable bonds is 15. The highest BCUT2D eigenvalue weighted by Crippen LogP contribution is 2.41. The van der Waals surface area contributed by atoms with Gasteiger partial charge in [0.15, 0.2) is 5.82 Å². The predicted octanol–water partition coefficient (Wildman–Crippen LogP) is 7.20. The summed E-state index contributed by atoms with van der Waals surface area (Å²) in [6, 6.07) is 17.7. The average Bonchev–Trinajstić information content (AvgIpc) is 3.78. The fourth-order valence-corrected chi connectivity index (χ4v) is 8.08. The van der Waals surface area contributed by atoms with Gasteiger partial charge in [-0.25, -0.2) is 9.78 Å². The van der Waals surface area contributed by atoms with Crippen LogP contribution in [0, 0.1) is 18.8 Å². The highest BCUT2D eigenvalue weighted by Gasteiger charge is 2.59. The summed E-state index contributed by atoms with van der Waals surface area (Å²) in [6.07, 6.45) is 4.55. The van der Waals surface area contributed by atoms with Gasteiger partial charge >= 0.3 is 17.9 Å². The molecule has 0 saturated heterocycles. The van der Waals surface area contributed by atoms with Gasteiger partial charge in [0, 0.05) is 41.7 Å². The molecule has 1 heterocycles. The van der Waals surface area contributed by atoms with Gasteiger partial charge in [-0.05, 0) is 144 Å². The number of aliphatic hydroxyl groups excluding tert-OH is 2. The summed E-state index contributed by atoms with van der Waals surface area (Å²) in [5.41, 5.74) is 3.79. The van der Waals surface area contributed by atoms with Crippen LogP contribution in [0.15, 0.2) is 66.7 Å². The molecule has 2 aliphatic carbocycles. The Labute approximate surface area is 374 Å². The van der Waals surface area contributed by atoms with Gasteiger partial charge in [-0.1, -0.05) is 30.3 Å². The Balaban J connectivity index is 1.13. The number of nitrogens with one attached hydrogen (secondary N) is 5. The third-order valence-electron chi connectivity index (χ3n) is 11.9. The number of aromatic nitrogens is 3. The van der Waals surface area contributed by atoms with Crippen molar-refractivity contribution >= 4 is 29.5 Å². The smallest absolute Gasteiger partial charge is 0.407 e. The number of amides is 4. The molecular weight excluding hydrogens is 851 g/mol. The number of hydrogen-bond acceptors (Lipinski definition) is 9. The minimum atomic E-state index is -4.82. The van der Waals surface area contributed by atoms with Crippen molar-refractivity contribution < 1.29 is 51.7 Å². The first kappa shape index (κ1) is 48.6. The number of anilines is 1. The molecule has 3 aromatic carbocycles. The van der Waals surface area contributed by atoms with Crippen LogP contribution in [-0.2, 0) is 26.7 Å². The maximum absolute atomic E-state index is 14.3. The first-order valence-corrected chi connectivity index (χ1v) is 21.9. The van der Waals surface area contributed by atoms with Crippen LogP contribution in [0.25, 0.3) is 22.5 Å². The number of benzene rings is 3. The van der Waals surface area contributed by atoms with E-state index in [-0.39, 0.29) is 59.3 Å². The molecule has 350 valence electrons. The second-order valence-corrected chi connectivity index (χ2v) is 18.1. The van der Waals surface area contributed by atoms with Gasteiger partial charge in [-0.3, -0.25) is 19.5 Å². The highest BCUT2D eigenvalue weighted by atomic mass is 19.3.